The molecule has 0 atom stereocenters. The summed E-state index contributed by atoms with van der Waals surface area (Å²) in [6, 6.07) is 3.70. The molecule has 0 aliphatic rings. The van der Waals surface area contributed by atoms with E-state index in [1.807, 2.05) is 0 Å². The molecular formula is C10H5F3INO3. The number of esters is 1. The molecule has 96 valence electrons. The van der Waals surface area contributed by atoms with Gasteiger partial charge in [-0.25, -0.2) is 4.79 Å². The standard InChI is InChI=1S/C10H5F3INO3/c1-17-9(16)6-2-5(4-15)7(14)3-8(6)18-10(11,12)13/h2-3H,1H3. The molecule has 18 heavy (non-hydrogen) atoms. The van der Waals surface area contributed by atoms with E-state index in [1.165, 1.54) is 0 Å². The number of ether oxygens (including phenoxy) is 2. The van der Waals surface area contributed by atoms with Crippen LogP contribution in [0.3, 0.4) is 0 Å². The molecule has 0 amide bonds. The van der Waals surface area contributed by atoms with Gasteiger partial charge in [0.1, 0.15) is 17.4 Å². The largest absolute Gasteiger partial charge is 0.573 e. The summed E-state index contributed by atoms with van der Waals surface area (Å²) in [5.74, 6) is -1.71. The average Bonchev–Trinajstić information content (AvgIpc) is 2.26. The van der Waals surface area contributed by atoms with Crippen LogP contribution in [-0.2, 0) is 4.74 Å². The number of alkyl halides is 3. The van der Waals surface area contributed by atoms with Gasteiger partial charge < -0.3 is 9.47 Å². The number of halogens is 4. The van der Waals surface area contributed by atoms with E-state index in [0.717, 1.165) is 19.2 Å². The van der Waals surface area contributed by atoms with Crippen molar-refractivity contribution in [2.75, 3.05) is 7.11 Å². The summed E-state index contributed by atoms with van der Waals surface area (Å²) >= 11 is 1.67. The van der Waals surface area contributed by atoms with E-state index in [1.54, 1.807) is 28.7 Å². The number of benzene rings is 1. The second-order valence-corrected chi connectivity index (χ2v) is 4.14. The van der Waals surface area contributed by atoms with Gasteiger partial charge in [0.05, 0.1) is 12.7 Å². The van der Waals surface area contributed by atoms with Gasteiger partial charge in [-0.1, -0.05) is 0 Å². The van der Waals surface area contributed by atoms with E-state index < -0.39 is 23.6 Å². The number of carbonyl (C=O) groups is 1. The molecule has 0 saturated heterocycles. The van der Waals surface area contributed by atoms with Crippen molar-refractivity contribution in [3.8, 4) is 11.8 Å². The summed E-state index contributed by atoms with van der Waals surface area (Å²) in [4.78, 5) is 11.3. The third-order valence-electron chi connectivity index (χ3n) is 1.82. The molecule has 0 saturated carbocycles. The molecule has 0 aliphatic carbocycles. The zero-order chi connectivity index (χ0) is 13.9. The Labute approximate surface area is 113 Å². The fourth-order valence-electron chi connectivity index (χ4n) is 1.12. The summed E-state index contributed by atoms with van der Waals surface area (Å²) in [6.45, 7) is 0. The predicted octanol–water partition coefficient (Wildman–Crippen LogP) is 2.85. The van der Waals surface area contributed by atoms with Gasteiger partial charge in [-0.2, -0.15) is 5.26 Å². The molecule has 1 aromatic carbocycles. The van der Waals surface area contributed by atoms with Crippen molar-refractivity contribution < 1.29 is 27.4 Å². The van der Waals surface area contributed by atoms with E-state index in [4.69, 9.17) is 5.26 Å². The topological polar surface area (TPSA) is 59.3 Å². The number of carbonyl (C=O) groups excluding carboxylic acids is 1. The van der Waals surface area contributed by atoms with E-state index in [-0.39, 0.29) is 9.13 Å². The highest BCUT2D eigenvalue weighted by atomic mass is 127. The Bertz CT molecular complexity index is 522. The highest BCUT2D eigenvalue weighted by Gasteiger charge is 2.33. The molecular weight excluding hydrogens is 366 g/mol. The van der Waals surface area contributed by atoms with Gasteiger partial charge in [0.2, 0.25) is 0 Å². The molecule has 8 heteroatoms. The van der Waals surface area contributed by atoms with Crippen molar-refractivity contribution in [2.24, 2.45) is 0 Å². The van der Waals surface area contributed by atoms with E-state index in [2.05, 4.69) is 9.47 Å². The average molecular weight is 371 g/mol. The van der Waals surface area contributed by atoms with E-state index in [0.29, 0.717) is 0 Å². The maximum Gasteiger partial charge on any atom is 0.573 e. The molecule has 0 spiro atoms. The van der Waals surface area contributed by atoms with Crippen LogP contribution in [0.2, 0.25) is 0 Å². The van der Waals surface area contributed by atoms with Crippen molar-refractivity contribution in [3.05, 3.63) is 26.8 Å². The maximum atomic E-state index is 12.2. The van der Waals surface area contributed by atoms with Crippen molar-refractivity contribution in [1.29, 1.82) is 5.26 Å². The van der Waals surface area contributed by atoms with Gasteiger partial charge in [-0.15, -0.1) is 13.2 Å². The SMILES string of the molecule is COC(=O)c1cc(C#N)c(I)cc1OC(F)(F)F. The van der Waals surface area contributed by atoms with Crippen LogP contribution in [-0.4, -0.2) is 19.4 Å². The summed E-state index contributed by atoms with van der Waals surface area (Å²) in [6.07, 6.45) is -4.93. The summed E-state index contributed by atoms with van der Waals surface area (Å²) < 4.78 is 44.8. The molecule has 0 bridgehead atoms. The van der Waals surface area contributed by atoms with Crippen LogP contribution in [0.1, 0.15) is 15.9 Å². The molecule has 0 radical (unpaired) electrons. The fraction of sp³-hybridized carbons (Fsp3) is 0.200. The number of rotatable bonds is 2. The Kier molecular flexibility index (Phi) is 4.39. The Morgan fingerprint density at radius 2 is 2.06 bits per heavy atom. The second-order valence-electron chi connectivity index (χ2n) is 2.98. The minimum Gasteiger partial charge on any atom is -0.465 e. The Hall–Kier alpha value is -1.50. The molecule has 0 aliphatic heterocycles. The summed E-state index contributed by atoms with van der Waals surface area (Å²) in [5.41, 5.74) is -0.391. The van der Waals surface area contributed by atoms with Crippen LogP contribution < -0.4 is 4.74 Å². The molecule has 0 fully saturated rings. The quantitative estimate of drug-likeness (QED) is 0.593. The van der Waals surface area contributed by atoms with Crippen molar-refractivity contribution in [2.45, 2.75) is 6.36 Å². The number of methoxy groups -OCH3 is 1. The highest BCUT2D eigenvalue weighted by Crippen LogP contribution is 2.30. The van der Waals surface area contributed by atoms with E-state index in [9.17, 15) is 18.0 Å². The zero-order valence-corrected chi connectivity index (χ0v) is 11.0. The first-order valence-electron chi connectivity index (χ1n) is 4.36. The van der Waals surface area contributed by atoms with Gasteiger partial charge in [-0.05, 0) is 34.7 Å². The first-order valence-corrected chi connectivity index (χ1v) is 5.44. The Balaban J connectivity index is 3.35. The second kappa shape index (κ2) is 5.43. The zero-order valence-electron chi connectivity index (χ0n) is 8.84. The van der Waals surface area contributed by atoms with Crippen LogP contribution in [0.15, 0.2) is 12.1 Å². The molecule has 4 nitrogen and oxygen atoms in total. The van der Waals surface area contributed by atoms with Gasteiger partial charge in [0.15, 0.2) is 0 Å². The van der Waals surface area contributed by atoms with Crippen LogP contribution in [0.25, 0.3) is 0 Å². The van der Waals surface area contributed by atoms with Gasteiger partial charge in [0, 0.05) is 3.57 Å². The summed E-state index contributed by atoms with van der Waals surface area (Å²) in [5, 5.41) is 8.75. The van der Waals surface area contributed by atoms with Crippen molar-refractivity contribution in [3.63, 3.8) is 0 Å². The predicted molar refractivity (Wildman–Crippen MR) is 61.9 cm³/mol. The number of hydrogen-bond donors (Lipinski definition) is 0. The minimum absolute atomic E-state index is 0.0607. The van der Waals surface area contributed by atoms with Crippen LogP contribution in [0.4, 0.5) is 13.2 Å². The molecule has 0 unspecified atom stereocenters. The Morgan fingerprint density at radius 1 is 1.44 bits per heavy atom. The third-order valence-corrected chi connectivity index (χ3v) is 2.71. The lowest BCUT2D eigenvalue weighted by Crippen LogP contribution is -2.19. The fourth-order valence-corrected chi connectivity index (χ4v) is 1.68. The van der Waals surface area contributed by atoms with Crippen molar-refractivity contribution >= 4 is 28.6 Å². The van der Waals surface area contributed by atoms with Crippen LogP contribution >= 0.6 is 22.6 Å². The van der Waals surface area contributed by atoms with Crippen molar-refractivity contribution in [1.82, 2.24) is 0 Å². The lowest BCUT2D eigenvalue weighted by molar-refractivity contribution is -0.274. The number of nitriles is 1. The first kappa shape index (κ1) is 14.6. The minimum atomic E-state index is -4.93. The molecule has 0 N–H and O–H groups in total. The molecule has 0 heterocycles. The first-order chi connectivity index (χ1) is 8.28. The molecule has 1 rings (SSSR count). The molecule has 0 aromatic heterocycles. The number of hydrogen-bond acceptors (Lipinski definition) is 4. The van der Waals surface area contributed by atoms with Crippen LogP contribution in [0.5, 0.6) is 5.75 Å². The monoisotopic (exact) mass is 371 g/mol. The lowest BCUT2D eigenvalue weighted by Gasteiger charge is -2.13. The highest BCUT2D eigenvalue weighted by molar-refractivity contribution is 14.1. The Morgan fingerprint density at radius 3 is 2.50 bits per heavy atom. The third kappa shape index (κ3) is 3.49. The van der Waals surface area contributed by atoms with Gasteiger partial charge in [-0.3, -0.25) is 0 Å². The maximum absolute atomic E-state index is 12.2. The van der Waals surface area contributed by atoms with Gasteiger partial charge >= 0.3 is 12.3 Å². The lowest BCUT2D eigenvalue weighted by atomic mass is 10.1. The molecule has 1 aromatic rings. The smallest absolute Gasteiger partial charge is 0.465 e. The normalized spacial score (nSPS) is 10.7. The van der Waals surface area contributed by atoms with Crippen LogP contribution in [0, 0.1) is 14.9 Å². The summed E-state index contributed by atoms with van der Waals surface area (Å²) in [7, 11) is 1.02. The van der Waals surface area contributed by atoms with Gasteiger partial charge in [0.25, 0.3) is 0 Å². The van der Waals surface area contributed by atoms with E-state index >= 15 is 0 Å². The number of nitrogens with zero attached hydrogens (tertiary/aromatic N) is 1.